The predicted molar refractivity (Wildman–Crippen MR) is 83.0 cm³/mol. The van der Waals surface area contributed by atoms with Crippen LogP contribution in [0.1, 0.15) is 44.2 Å². The van der Waals surface area contributed by atoms with Crippen LogP contribution in [0, 0.1) is 5.92 Å². The Balaban J connectivity index is 1.89. The van der Waals surface area contributed by atoms with Gasteiger partial charge in [0.2, 0.25) is 5.91 Å². The van der Waals surface area contributed by atoms with Gasteiger partial charge in [-0.2, -0.15) is 5.10 Å². The topological polar surface area (TPSA) is 67.7 Å². The molecule has 0 N–H and O–H groups in total. The molecular weight excluding hydrogens is 296 g/mol. The van der Waals surface area contributed by atoms with Crippen LogP contribution in [0.25, 0.3) is 0 Å². The summed E-state index contributed by atoms with van der Waals surface area (Å²) in [6, 6.07) is -0.257. The van der Waals surface area contributed by atoms with Gasteiger partial charge in [-0.1, -0.05) is 0 Å². The SMILES string of the molecule is CCN1C(=O)CC[C@@H](C(=O)N2CCCCO2)[C@H]1c1cnn(C)c1. The van der Waals surface area contributed by atoms with Gasteiger partial charge in [-0.05, 0) is 26.2 Å². The third-order valence-electron chi connectivity index (χ3n) is 4.68. The monoisotopic (exact) mass is 320 g/mol. The molecule has 1 aromatic rings. The minimum absolute atomic E-state index is 0.00972. The normalized spacial score (nSPS) is 25.7. The maximum absolute atomic E-state index is 12.9. The van der Waals surface area contributed by atoms with Crippen LogP contribution in [0.15, 0.2) is 12.4 Å². The second-order valence-electron chi connectivity index (χ2n) is 6.20. The lowest BCUT2D eigenvalue weighted by molar-refractivity contribution is -0.204. The Kier molecular flexibility index (Phi) is 4.66. The number of hydrogen-bond acceptors (Lipinski definition) is 4. The minimum atomic E-state index is -0.269. The first-order chi connectivity index (χ1) is 11.1. The number of carbonyl (C=O) groups excluding carboxylic acids is 2. The summed E-state index contributed by atoms with van der Waals surface area (Å²) in [6.07, 6.45) is 6.57. The smallest absolute Gasteiger partial charge is 0.251 e. The van der Waals surface area contributed by atoms with E-state index in [9.17, 15) is 9.59 Å². The Morgan fingerprint density at radius 1 is 1.43 bits per heavy atom. The molecule has 23 heavy (non-hydrogen) atoms. The zero-order chi connectivity index (χ0) is 16.4. The number of amides is 2. The van der Waals surface area contributed by atoms with E-state index in [4.69, 9.17) is 4.84 Å². The van der Waals surface area contributed by atoms with E-state index < -0.39 is 0 Å². The van der Waals surface area contributed by atoms with Crippen molar-refractivity contribution in [2.45, 2.75) is 38.6 Å². The number of rotatable bonds is 3. The number of aromatic nitrogens is 2. The predicted octanol–water partition coefficient (Wildman–Crippen LogP) is 1.27. The van der Waals surface area contributed by atoms with E-state index in [1.54, 1.807) is 15.8 Å². The molecule has 2 aliphatic heterocycles. The van der Waals surface area contributed by atoms with E-state index in [2.05, 4.69) is 5.10 Å². The highest BCUT2D eigenvalue weighted by atomic mass is 16.7. The van der Waals surface area contributed by atoms with Crippen molar-refractivity contribution in [1.82, 2.24) is 19.7 Å². The highest BCUT2D eigenvalue weighted by Gasteiger charge is 2.42. The van der Waals surface area contributed by atoms with Gasteiger partial charge in [0.15, 0.2) is 0 Å². The second kappa shape index (κ2) is 6.70. The summed E-state index contributed by atoms with van der Waals surface area (Å²) in [4.78, 5) is 32.6. The first kappa shape index (κ1) is 16.0. The van der Waals surface area contributed by atoms with Gasteiger partial charge in [0.05, 0.1) is 24.8 Å². The van der Waals surface area contributed by atoms with Crippen LogP contribution in [0.2, 0.25) is 0 Å². The van der Waals surface area contributed by atoms with Crippen LogP contribution in [-0.2, 0) is 21.5 Å². The van der Waals surface area contributed by atoms with Crippen LogP contribution in [0.5, 0.6) is 0 Å². The third kappa shape index (κ3) is 3.10. The first-order valence-corrected chi connectivity index (χ1v) is 8.34. The van der Waals surface area contributed by atoms with Crippen molar-refractivity contribution in [3.05, 3.63) is 18.0 Å². The van der Waals surface area contributed by atoms with Gasteiger partial charge in [0, 0.05) is 38.3 Å². The molecule has 0 radical (unpaired) electrons. The molecule has 2 amide bonds. The summed E-state index contributed by atoms with van der Waals surface area (Å²) in [6.45, 7) is 3.76. The van der Waals surface area contributed by atoms with E-state index in [1.165, 1.54) is 5.06 Å². The zero-order valence-electron chi connectivity index (χ0n) is 13.8. The lowest BCUT2D eigenvalue weighted by Gasteiger charge is -2.41. The van der Waals surface area contributed by atoms with Crippen molar-refractivity contribution in [3.8, 4) is 0 Å². The number of piperidine rings is 1. The summed E-state index contributed by atoms with van der Waals surface area (Å²) in [5.74, 6) is -0.176. The molecule has 3 heterocycles. The third-order valence-corrected chi connectivity index (χ3v) is 4.68. The number of hydroxylamine groups is 2. The number of aryl methyl sites for hydroxylation is 1. The number of likely N-dealkylation sites (tertiary alicyclic amines) is 1. The van der Waals surface area contributed by atoms with Crippen molar-refractivity contribution in [2.24, 2.45) is 13.0 Å². The fourth-order valence-electron chi connectivity index (χ4n) is 3.55. The average molecular weight is 320 g/mol. The number of carbonyl (C=O) groups is 2. The summed E-state index contributed by atoms with van der Waals surface area (Å²) >= 11 is 0. The molecule has 2 atom stereocenters. The standard InChI is InChI=1S/C16H24N4O3/c1-3-19-14(21)7-6-13(15(19)12-10-17-18(2)11-12)16(22)20-8-4-5-9-23-20/h10-11,13,15H,3-9H2,1-2H3/t13-,15-/m1/s1. The molecule has 2 aliphatic rings. The van der Waals surface area contributed by atoms with Gasteiger partial charge in [0.25, 0.3) is 5.91 Å². The molecule has 2 saturated heterocycles. The van der Waals surface area contributed by atoms with Gasteiger partial charge >= 0.3 is 0 Å². The minimum Gasteiger partial charge on any atom is -0.335 e. The van der Waals surface area contributed by atoms with Crippen molar-refractivity contribution in [1.29, 1.82) is 0 Å². The fourth-order valence-corrected chi connectivity index (χ4v) is 3.55. The molecule has 0 saturated carbocycles. The Morgan fingerprint density at radius 2 is 2.26 bits per heavy atom. The highest BCUT2D eigenvalue weighted by molar-refractivity contribution is 5.84. The Bertz CT molecular complexity index is 580. The van der Waals surface area contributed by atoms with Gasteiger partial charge < -0.3 is 4.90 Å². The molecular formula is C16H24N4O3. The molecule has 0 bridgehead atoms. The van der Waals surface area contributed by atoms with E-state index in [0.717, 1.165) is 18.4 Å². The van der Waals surface area contributed by atoms with Crippen LogP contribution in [0.4, 0.5) is 0 Å². The fraction of sp³-hybridized carbons (Fsp3) is 0.688. The van der Waals surface area contributed by atoms with E-state index in [1.807, 2.05) is 20.2 Å². The maximum Gasteiger partial charge on any atom is 0.251 e. The molecule has 0 aromatic carbocycles. The zero-order valence-corrected chi connectivity index (χ0v) is 13.8. The van der Waals surface area contributed by atoms with Crippen LogP contribution >= 0.6 is 0 Å². The number of hydrogen-bond donors (Lipinski definition) is 0. The van der Waals surface area contributed by atoms with Gasteiger partial charge in [-0.15, -0.1) is 0 Å². The number of nitrogens with zero attached hydrogens (tertiary/aromatic N) is 4. The molecule has 2 fully saturated rings. The molecule has 7 nitrogen and oxygen atoms in total. The van der Waals surface area contributed by atoms with Gasteiger partial charge in [-0.25, -0.2) is 5.06 Å². The van der Waals surface area contributed by atoms with Gasteiger partial charge in [-0.3, -0.25) is 19.1 Å². The summed E-state index contributed by atoms with van der Waals surface area (Å²) in [7, 11) is 1.84. The second-order valence-corrected chi connectivity index (χ2v) is 6.20. The van der Waals surface area contributed by atoms with Crippen LogP contribution < -0.4 is 0 Å². The van der Waals surface area contributed by atoms with Crippen molar-refractivity contribution in [2.75, 3.05) is 19.7 Å². The first-order valence-electron chi connectivity index (χ1n) is 8.34. The average Bonchev–Trinajstić information content (AvgIpc) is 3.00. The van der Waals surface area contributed by atoms with E-state index >= 15 is 0 Å². The van der Waals surface area contributed by atoms with Crippen LogP contribution in [0.3, 0.4) is 0 Å². The van der Waals surface area contributed by atoms with Gasteiger partial charge in [0.1, 0.15) is 0 Å². The van der Waals surface area contributed by atoms with E-state index in [-0.39, 0.29) is 23.8 Å². The summed E-state index contributed by atoms with van der Waals surface area (Å²) < 4.78 is 1.71. The molecule has 3 rings (SSSR count). The largest absolute Gasteiger partial charge is 0.335 e. The summed E-state index contributed by atoms with van der Waals surface area (Å²) in [5.41, 5.74) is 0.915. The van der Waals surface area contributed by atoms with Crippen LogP contribution in [-0.4, -0.2) is 51.3 Å². The van der Waals surface area contributed by atoms with Crippen molar-refractivity contribution in [3.63, 3.8) is 0 Å². The Labute approximate surface area is 136 Å². The maximum atomic E-state index is 12.9. The molecule has 1 aromatic heterocycles. The molecule has 0 spiro atoms. The quantitative estimate of drug-likeness (QED) is 0.841. The van der Waals surface area contributed by atoms with Crippen molar-refractivity contribution >= 4 is 11.8 Å². The lowest BCUT2D eigenvalue weighted by Crippen LogP contribution is -2.49. The molecule has 7 heteroatoms. The molecule has 0 unspecified atom stereocenters. The van der Waals surface area contributed by atoms with Crippen molar-refractivity contribution < 1.29 is 14.4 Å². The molecule has 126 valence electrons. The van der Waals surface area contributed by atoms with E-state index in [0.29, 0.717) is 32.5 Å². The summed E-state index contributed by atoms with van der Waals surface area (Å²) in [5, 5.41) is 5.72. The molecule has 0 aliphatic carbocycles. The Hall–Kier alpha value is -1.89. The lowest BCUT2D eigenvalue weighted by atomic mass is 9.84. The highest BCUT2D eigenvalue weighted by Crippen LogP contribution is 2.37. The Morgan fingerprint density at radius 3 is 2.87 bits per heavy atom.